The smallest absolute Gasteiger partial charge is 0.422 e. The average molecular weight is 427 g/mol. The van der Waals surface area contributed by atoms with Gasteiger partial charge in [-0.05, 0) is 55.3 Å². The summed E-state index contributed by atoms with van der Waals surface area (Å²) in [7, 11) is -3.45. The summed E-state index contributed by atoms with van der Waals surface area (Å²) in [5.41, 5.74) is 0.528. The highest BCUT2D eigenvalue weighted by molar-refractivity contribution is 7.92. The molecule has 156 valence electrons. The molecule has 9 heteroatoms. The van der Waals surface area contributed by atoms with Crippen molar-refractivity contribution in [2.45, 2.75) is 42.0 Å². The Morgan fingerprint density at radius 2 is 1.72 bits per heavy atom. The average Bonchev–Trinajstić information content (AvgIpc) is 3.22. The summed E-state index contributed by atoms with van der Waals surface area (Å²) in [5.74, 6) is -0.522. The third-order valence-electron chi connectivity index (χ3n) is 4.68. The normalized spacial score (nSPS) is 15.3. The second kappa shape index (κ2) is 8.44. The van der Waals surface area contributed by atoms with Crippen molar-refractivity contribution < 1.29 is 31.1 Å². The Morgan fingerprint density at radius 1 is 1.07 bits per heavy atom. The standard InChI is InChI=1S/C20H20F3NO4S/c21-20(22,23)13-28-16-10-8-14(9-11-16)19(25)24-15-4-3-7-18(12-15)29(26,27)17-5-1-2-6-17/h3-4,7-12,17H,1-2,5-6,13H2,(H,24,25). The number of rotatable bonds is 6. The first-order valence-corrected chi connectivity index (χ1v) is 10.6. The zero-order valence-corrected chi connectivity index (χ0v) is 16.2. The van der Waals surface area contributed by atoms with Gasteiger partial charge in [-0.3, -0.25) is 4.79 Å². The van der Waals surface area contributed by atoms with Gasteiger partial charge in [-0.2, -0.15) is 13.2 Å². The van der Waals surface area contributed by atoms with Crippen LogP contribution < -0.4 is 10.1 Å². The second-order valence-corrected chi connectivity index (χ2v) is 9.09. The number of ether oxygens (including phenoxy) is 1. The molecule has 1 N–H and O–H groups in total. The van der Waals surface area contributed by atoms with Gasteiger partial charge >= 0.3 is 6.18 Å². The third-order valence-corrected chi connectivity index (χ3v) is 6.94. The van der Waals surface area contributed by atoms with Gasteiger partial charge in [0.2, 0.25) is 0 Å². The molecule has 0 heterocycles. The first kappa shape index (κ1) is 21.2. The minimum absolute atomic E-state index is 0.0106. The lowest BCUT2D eigenvalue weighted by Gasteiger charge is -2.13. The fourth-order valence-corrected chi connectivity index (χ4v) is 5.11. The summed E-state index contributed by atoms with van der Waals surface area (Å²) < 4.78 is 66.5. The molecule has 2 aromatic rings. The number of hydrogen-bond acceptors (Lipinski definition) is 4. The van der Waals surface area contributed by atoms with Crippen LogP contribution in [0.4, 0.5) is 18.9 Å². The molecule has 0 unspecified atom stereocenters. The maximum atomic E-state index is 12.7. The van der Waals surface area contributed by atoms with Crippen LogP contribution in [0, 0.1) is 0 Å². The van der Waals surface area contributed by atoms with E-state index < -0.39 is 33.8 Å². The molecular formula is C20H20F3NO4S. The van der Waals surface area contributed by atoms with Gasteiger partial charge in [-0.25, -0.2) is 8.42 Å². The first-order valence-electron chi connectivity index (χ1n) is 9.10. The molecule has 0 aromatic heterocycles. The minimum Gasteiger partial charge on any atom is -0.484 e. The third kappa shape index (κ3) is 5.50. The van der Waals surface area contributed by atoms with Crippen LogP contribution in [0.2, 0.25) is 0 Å². The van der Waals surface area contributed by atoms with Crippen LogP contribution in [-0.4, -0.2) is 32.4 Å². The Balaban J connectivity index is 1.68. The minimum atomic E-state index is -4.44. The number of benzene rings is 2. The van der Waals surface area contributed by atoms with E-state index in [0.29, 0.717) is 18.5 Å². The number of sulfone groups is 1. The van der Waals surface area contributed by atoms with Gasteiger partial charge in [0.1, 0.15) is 5.75 Å². The SMILES string of the molecule is O=C(Nc1cccc(S(=O)(=O)C2CCCC2)c1)c1ccc(OCC(F)(F)F)cc1. The summed E-state index contributed by atoms with van der Waals surface area (Å²) in [6.45, 7) is -1.42. The van der Waals surface area contributed by atoms with Gasteiger partial charge in [0, 0.05) is 11.3 Å². The number of nitrogens with one attached hydrogen (secondary N) is 1. The highest BCUT2D eigenvalue weighted by Gasteiger charge is 2.30. The van der Waals surface area contributed by atoms with E-state index in [0.717, 1.165) is 12.8 Å². The molecular weight excluding hydrogens is 407 g/mol. The Kier molecular flexibility index (Phi) is 6.16. The highest BCUT2D eigenvalue weighted by Crippen LogP contribution is 2.30. The molecule has 1 saturated carbocycles. The van der Waals surface area contributed by atoms with Crippen molar-refractivity contribution in [2.75, 3.05) is 11.9 Å². The Hall–Kier alpha value is -2.55. The fraction of sp³-hybridized carbons (Fsp3) is 0.350. The summed E-state index contributed by atoms with van der Waals surface area (Å²) in [4.78, 5) is 12.5. The predicted molar refractivity (Wildman–Crippen MR) is 102 cm³/mol. The van der Waals surface area contributed by atoms with E-state index in [2.05, 4.69) is 10.1 Å². The summed E-state index contributed by atoms with van der Waals surface area (Å²) in [6, 6.07) is 11.3. The zero-order valence-electron chi connectivity index (χ0n) is 15.4. The first-order chi connectivity index (χ1) is 13.6. The summed E-state index contributed by atoms with van der Waals surface area (Å²) >= 11 is 0. The number of amides is 1. The van der Waals surface area contributed by atoms with Crippen LogP contribution in [0.25, 0.3) is 0 Å². The number of hydrogen-bond donors (Lipinski definition) is 1. The number of carbonyl (C=O) groups is 1. The van der Waals surface area contributed by atoms with E-state index in [4.69, 9.17) is 0 Å². The molecule has 2 aromatic carbocycles. The second-order valence-electron chi connectivity index (χ2n) is 6.86. The zero-order chi connectivity index (χ0) is 21.1. The van der Waals surface area contributed by atoms with Crippen molar-refractivity contribution >= 4 is 21.4 Å². The van der Waals surface area contributed by atoms with E-state index >= 15 is 0 Å². The molecule has 0 saturated heterocycles. The van der Waals surface area contributed by atoms with Gasteiger partial charge in [-0.15, -0.1) is 0 Å². The van der Waals surface area contributed by atoms with Crippen LogP contribution in [0.5, 0.6) is 5.75 Å². The van der Waals surface area contributed by atoms with E-state index in [1.807, 2.05) is 0 Å². The fourth-order valence-electron chi connectivity index (χ4n) is 3.21. The van der Waals surface area contributed by atoms with Gasteiger partial charge < -0.3 is 10.1 Å². The molecule has 0 atom stereocenters. The lowest BCUT2D eigenvalue weighted by molar-refractivity contribution is -0.153. The van der Waals surface area contributed by atoms with Crippen molar-refractivity contribution in [1.29, 1.82) is 0 Å². The van der Waals surface area contributed by atoms with Gasteiger partial charge in [0.25, 0.3) is 5.91 Å². The molecule has 0 spiro atoms. The highest BCUT2D eigenvalue weighted by atomic mass is 32.2. The Morgan fingerprint density at radius 3 is 2.34 bits per heavy atom. The Bertz CT molecular complexity index is 966. The largest absolute Gasteiger partial charge is 0.484 e. The van der Waals surface area contributed by atoms with Crippen LogP contribution in [-0.2, 0) is 9.84 Å². The maximum absolute atomic E-state index is 12.7. The summed E-state index contributed by atoms with van der Waals surface area (Å²) in [5, 5.41) is 2.22. The number of halogens is 3. The van der Waals surface area contributed by atoms with Crippen molar-refractivity contribution in [3.63, 3.8) is 0 Å². The van der Waals surface area contributed by atoms with Gasteiger partial charge in [0.05, 0.1) is 10.1 Å². The Labute approximate surface area is 166 Å². The van der Waals surface area contributed by atoms with Crippen molar-refractivity contribution in [3.8, 4) is 5.75 Å². The number of alkyl halides is 3. The molecule has 1 amide bonds. The molecule has 3 rings (SSSR count). The number of carbonyl (C=O) groups excluding carboxylic acids is 1. The van der Waals surface area contributed by atoms with Crippen molar-refractivity contribution in [2.24, 2.45) is 0 Å². The molecule has 1 aliphatic rings. The molecule has 0 radical (unpaired) electrons. The quantitative estimate of drug-likeness (QED) is 0.732. The summed E-state index contributed by atoms with van der Waals surface area (Å²) in [6.07, 6.45) is -1.38. The molecule has 1 aliphatic carbocycles. The molecule has 1 fully saturated rings. The molecule has 0 aliphatic heterocycles. The lowest BCUT2D eigenvalue weighted by Crippen LogP contribution is -2.19. The van der Waals surface area contributed by atoms with Crippen LogP contribution in [0.3, 0.4) is 0 Å². The maximum Gasteiger partial charge on any atom is 0.422 e. The topological polar surface area (TPSA) is 72.5 Å². The van der Waals surface area contributed by atoms with Crippen molar-refractivity contribution in [1.82, 2.24) is 0 Å². The van der Waals surface area contributed by atoms with E-state index in [9.17, 15) is 26.4 Å². The van der Waals surface area contributed by atoms with Crippen LogP contribution in [0.1, 0.15) is 36.0 Å². The molecule has 29 heavy (non-hydrogen) atoms. The monoisotopic (exact) mass is 427 g/mol. The van der Waals surface area contributed by atoms with Gasteiger partial charge in [0.15, 0.2) is 16.4 Å². The molecule has 5 nitrogen and oxygen atoms in total. The number of anilines is 1. The molecule has 0 bridgehead atoms. The lowest BCUT2D eigenvalue weighted by atomic mass is 10.2. The van der Waals surface area contributed by atoms with Crippen LogP contribution >= 0.6 is 0 Å². The van der Waals surface area contributed by atoms with E-state index in [1.165, 1.54) is 36.4 Å². The van der Waals surface area contributed by atoms with Gasteiger partial charge in [-0.1, -0.05) is 18.9 Å². The van der Waals surface area contributed by atoms with Crippen molar-refractivity contribution in [3.05, 3.63) is 54.1 Å². The van der Waals surface area contributed by atoms with E-state index in [-0.39, 0.29) is 16.2 Å². The predicted octanol–water partition coefficient (Wildman–Crippen LogP) is 4.60. The van der Waals surface area contributed by atoms with Crippen LogP contribution in [0.15, 0.2) is 53.4 Å². The van der Waals surface area contributed by atoms with E-state index in [1.54, 1.807) is 12.1 Å².